The van der Waals surface area contributed by atoms with Gasteiger partial charge >= 0.3 is 0 Å². The predicted molar refractivity (Wildman–Crippen MR) is 84.9 cm³/mol. The van der Waals surface area contributed by atoms with E-state index in [9.17, 15) is 4.79 Å². The van der Waals surface area contributed by atoms with E-state index in [4.69, 9.17) is 0 Å². The number of nitrogens with one attached hydrogen (secondary N) is 2. The summed E-state index contributed by atoms with van der Waals surface area (Å²) in [4.78, 5) is 14.7. The number of hydrogen-bond donors (Lipinski definition) is 2. The number of amides is 1. The summed E-state index contributed by atoms with van der Waals surface area (Å²) < 4.78 is 0. The summed E-state index contributed by atoms with van der Waals surface area (Å²) in [5, 5.41) is 6.60. The van der Waals surface area contributed by atoms with Gasteiger partial charge < -0.3 is 15.5 Å². The van der Waals surface area contributed by atoms with Crippen LogP contribution in [-0.4, -0.2) is 48.1 Å². The van der Waals surface area contributed by atoms with Gasteiger partial charge in [-0.15, -0.1) is 0 Å². The summed E-state index contributed by atoms with van der Waals surface area (Å²) in [6.45, 7) is 13.9. The first-order valence-electron chi connectivity index (χ1n) is 8.18. The quantitative estimate of drug-likeness (QED) is 0.752. The largest absolute Gasteiger partial charge is 0.350 e. The minimum atomic E-state index is -0.114. The molecule has 0 bridgehead atoms. The molecule has 0 aliphatic carbocycles. The molecule has 2 N–H and O–H groups in total. The fraction of sp³-hybridized carbons (Fsp3) is 0.938. The van der Waals surface area contributed by atoms with Crippen LogP contribution in [0.2, 0.25) is 0 Å². The fourth-order valence-electron chi connectivity index (χ4n) is 2.60. The van der Waals surface area contributed by atoms with E-state index >= 15 is 0 Å². The Bertz CT molecular complexity index is 296. The second-order valence-electron chi connectivity index (χ2n) is 6.73. The first-order chi connectivity index (χ1) is 9.38. The van der Waals surface area contributed by atoms with Crippen LogP contribution in [0.1, 0.15) is 60.3 Å². The van der Waals surface area contributed by atoms with Gasteiger partial charge in [-0.2, -0.15) is 0 Å². The third kappa shape index (κ3) is 5.80. The van der Waals surface area contributed by atoms with Crippen LogP contribution in [0, 0.1) is 0 Å². The number of piperidine rings is 1. The third-order valence-electron chi connectivity index (χ3n) is 4.35. The van der Waals surface area contributed by atoms with Crippen molar-refractivity contribution >= 4 is 5.91 Å². The summed E-state index contributed by atoms with van der Waals surface area (Å²) in [7, 11) is 0. The number of hydrogen-bond acceptors (Lipinski definition) is 3. The van der Waals surface area contributed by atoms with Crippen LogP contribution in [0.3, 0.4) is 0 Å². The molecule has 118 valence electrons. The van der Waals surface area contributed by atoms with Crippen molar-refractivity contribution in [3.8, 4) is 0 Å². The van der Waals surface area contributed by atoms with Gasteiger partial charge in [0.1, 0.15) is 0 Å². The van der Waals surface area contributed by atoms with Crippen LogP contribution < -0.4 is 10.6 Å². The Morgan fingerprint density at radius 2 is 1.90 bits per heavy atom. The van der Waals surface area contributed by atoms with E-state index in [1.165, 1.54) is 13.0 Å². The molecule has 1 unspecified atom stereocenters. The Balaban J connectivity index is 2.32. The van der Waals surface area contributed by atoms with E-state index in [1.807, 2.05) is 6.92 Å². The molecule has 1 rings (SSSR count). The maximum Gasteiger partial charge on any atom is 0.237 e. The number of nitrogens with zero attached hydrogens (tertiary/aromatic N) is 1. The monoisotopic (exact) mass is 283 g/mol. The lowest BCUT2D eigenvalue weighted by molar-refractivity contribution is -0.124. The highest BCUT2D eigenvalue weighted by molar-refractivity contribution is 5.82. The molecule has 1 atom stereocenters. The lowest BCUT2D eigenvalue weighted by Gasteiger charge is -2.34. The standard InChI is InChI=1S/C16H33N3O/c1-6-10-19-11-8-14(9-12-19)17-13(3)15(20)18-16(4,5)7-2/h13-14,17H,6-12H2,1-5H3,(H,18,20). The lowest BCUT2D eigenvalue weighted by Crippen LogP contribution is -2.54. The maximum absolute atomic E-state index is 12.2. The highest BCUT2D eigenvalue weighted by Gasteiger charge is 2.25. The molecule has 4 nitrogen and oxygen atoms in total. The van der Waals surface area contributed by atoms with Gasteiger partial charge in [0.15, 0.2) is 0 Å². The second-order valence-corrected chi connectivity index (χ2v) is 6.73. The molecule has 1 amide bonds. The van der Waals surface area contributed by atoms with Crippen LogP contribution in [0.25, 0.3) is 0 Å². The van der Waals surface area contributed by atoms with E-state index in [2.05, 4.69) is 43.2 Å². The van der Waals surface area contributed by atoms with Crippen LogP contribution in [0.4, 0.5) is 0 Å². The molecule has 0 radical (unpaired) electrons. The van der Waals surface area contributed by atoms with Gasteiger partial charge in [-0.05, 0) is 66.1 Å². The Morgan fingerprint density at radius 3 is 2.40 bits per heavy atom. The first kappa shape index (κ1) is 17.4. The van der Waals surface area contributed by atoms with E-state index in [0.29, 0.717) is 6.04 Å². The van der Waals surface area contributed by atoms with Crippen molar-refractivity contribution in [2.75, 3.05) is 19.6 Å². The van der Waals surface area contributed by atoms with E-state index in [1.54, 1.807) is 0 Å². The summed E-state index contributed by atoms with van der Waals surface area (Å²) >= 11 is 0. The molecule has 20 heavy (non-hydrogen) atoms. The number of carbonyl (C=O) groups is 1. The van der Waals surface area contributed by atoms with Crippen molar-refractivity contribution in [3.05, 3.63) is 0 Å². The molecule has 1 aliphatic rings. The van der Waals surface area contributed by atoms with E-state index in [0.717, 1.165) is 32.4 Å². The zero-order valence-electron chi connectivity index (χ0n) is 14.0. The molecule has 0 spiro atoms. The average Bonchev–Trinajstić information content (AvgIpc) is 2.41. The zero-order valence-corrected chi connectivity index (χ0v) is 14.0. The van der Waals surface area contributed by atoms with Crippen LogP contribution in [0.5, 0.6) is 0 Å². The van der Waals surface area contributed by atoms with Gasteiger partial charge in [0, 0.05) is 11.6 Å². The summed E-state index contributed by atoms with van der Waals surface area (Å²) in [5.41, 5.74) is -0.114. The van der Waals surface area contributed by atoms with Gasteiger partial charge in [0.25, 0.3) is 0 Å². The Labute approximate surface area is 124 Å². The Hall–Kier alpha value is -0.610. The molecule has 0 aromatic carbocycles. The van der Waals surface area contributed by atoms with Gasteiger partial charge in [0.05, 0.1) is 6.04 Å². The summed E-state index contributed by atoms with van der Waals surface area (Å²) in [6, 6.07) is 0.372. The minimum Gasteiger partial charge on any atom is -0.350 e. The van der Waals surface area contributed by atoms with Crippen molar-refractivity contribution < 1.29 is 4.79 Å². The van der Waals surface area contributed by atoms with Crippen molar-refractivity contribution in [3.63, 3.8) is 0 Å². The molecule has 1 saturated heterocycles. The van der Waals surface area contributed by atoms with Crippen molar-refractivity contribution in [2.24, 2.45) is 0 Å². The van der Waals surface area contributed by atoms with Crippen LogP contribution in [0.15, 0.2) is 0 Å². The number of carbonyl (C=O) groups excluding carboxylic acids is 1. The van der Waals surface area contributed by atoms with Gasteiger partial charge in [-0.1, -0.05) is 13.8 Å². The normalized spacial score (nSPS) is 19.9. The number of rotatable bonds is 7. The molecular weight excluding hydrogens is 250 g/mol. The van der Waals surface area contributed by atoms with E-state index < -0.39 is 0 Å². The molecule has 1 heterocycles. The second kappa shape index (κ2) is 7.99. The van der Waals surface area contributed by atoms with Gasteiger partial charge in [-0.3, -0.25) is 4.79 Å². The summed E-state index contributed by atoms with van der Waals surface area (Å²) in [5.74, 6) is 0.118. The first-order valence-corrected chi connectivity index (χ1v) is 8.18. The van der Waals surface area contributed by atoms with Gasteiger partial charge in [-0.25, -0.2) is 0 Å². The van der Waals surface area contributed by atoms with Crippen molar-refractivity contribution in [1.29, 1.82) is 0 Å². The molecular formula is C16H33N3O. The fourth-order valence-corrected chi connectivity index (χ4v) is 2.60. The van der Waals surface area contributed by atoms with E-state index in [-0.39, 0.29) is 17.5 Å². The molecule has 0 aromatic heterocycles. The van der Waals surface area contributed by atoms with Crippen LogP contribution >= 0.6 is 0 Å². The molecule has 4 heteroatoms. The SMILES string of the molecule is CCCN1CCC(NC(C)C(=O)NC(C)(C)CC)CC1. The molecule has 1 aliphatic heterocycles. The minimum absolute atomic E-state index is 0.108. The topological polar surface area (TPSA) is 44.4 Å². The summed E-state index contributed by atoms with van der Waals surface area (Å²) in [6.07, 6.45) is 4.47. The zero-order chi connectivity index (χ0) is 15.2. The van der Waals surface area contributed by atoms with Crippen molar-refractivity contribution in [1.82, 2.24) is 15.5 Å². The van der Waals surface area contributed by atoms with Crippen molar-refractivity contribution in [2.45, 2.75) is 77.9 Å². The Morgan fingerprint density at radius 1 is 1.30 bits per heavy atom. The molecule has 0 saturated carbocycles. The average molecular weight is 283 g/mol. The third-order valence-corrected chi connectivity index (χ3v) is 4.35. The number of likely N-dealkylation sites (tertiary alicyclic amines) is 1. The smallest absolute Gasteiger partial charge is 0.237 e. The maximum atomic E-state index is 12.2. The molecule has 1 fully saturated rings. The highest BCUT2D eigenvalue weighted by atomic mass is 16.2. The molecule has 0 aromatic rings. The van der Waals surface area contributed by atoms with Crippen LogP contribution in [-0.2, 0) is 4.79 Å². The predicted octanol–water partition coefficient (Wildman–Crippen LogP) is 2.14. The Kier molecular flexibility index (Phi) is 6.96. The highest BCUT2D eigenvalue weighted by Crippen LogP contribution is 2.12. The van der Waals surface area contributed by atoms with Gasteiger partial charge in [0.2, 0.25) is 5.91 Å². The lowest BCUT2D eigenvalue weighted by atomic mass is 10.0.